The summed E-state index contributed by atoms with van der Waals surface area (Å²) < 4.78 is 0. The van der Waals surface area contributed by atoms with Crippen LogP contribution in [0.1, 0.15) is 0 Å². The Bertz CT molecular complexity index is 49.4. The monoisotopic (exact) mass is 570 g/mol. The summed E-state index contributed by atoms with van der Waals surface area (Å²) in [4.78, 5) is 0. The Hall–Kier alpha value is 2.01. The molecule has 0 aromatic carbocycles. The molecule has 6 N–H and O–H groups in total. The molecule has 0 aliphatic heterocycles. The van der Waals surface area contributed by atoms with Gasteiger partial charge in [0.05, 0.1) is 39.6 Å². The Morgan fingerprint density at radius 1 is 0.533 bits per heavy atom. The van der Waals surface area contributed by atoms with E-state index in [-0.39, 0.29) is 39.6 Å². The third-order valence-corrected chi connectivity index (χ3v) is 0.300. The van der Waals surface area contributed by atoms with E-state index in [1.54, 1.807) is 0 Å². The molecule has 0 atom stereocenters. The van der Waals surface area contributed by atoms with Gasteiger partial charge >= 0.3 is 50.4 Å². The van der Waals surface area contributed by atoms with Crippen molar-refractivity contribution in [2.45, 2.75) is 0 Å². The SMILES string of the molecule is I[Te]I.OCCO.OCCO.OCCO. The Morgan fingerprint density at radius 2 is 0.600 bits per heavy atom. The van der Waals surface area contributed by atoms with Crippen molar-refractivity contribution in [2.24, 2.45) is 0 Å². The molecule has 0 saturated carbocycles. The number of aliphatic hydroxyl groups excluding tert-OH is 6. The second kappa shape index (κ2) is 44.4. The Kier molecular flexibility index (Phi) is 76.3. The van der Waals surface area contributed by atoms with E-state index >= 15 is 0 Å². The quantitative estimate of drug-likeness (QED) is 0.179. The average Bonchev–Trinajstić information content (AvgIpc) is 2.30. The number of hydrogen-bond acceptors (Lipinski definition) is 6. The van der Waals surface area contributed by atoms with Gasteiger partial charge in [0.15, 0.2) is 0 Å². The third kappa shape index (κ3) is 125. The minimum Gasteiger partial charge on any atom is -0.394 e. The van der Waals surface area contributed by atoms with Crippen molar-refractivity contribution in [1.29, 1.82) is 0 Å². The predicted molar refractivity (Wildman–Crippen MR) is 76.3 cm³/mol. The van der Waals surface area contributed by atoms with Crippen LogP contribution in [0.4, 0.5) is 0 Å². The van der Waals surface area contributed by atoms with Gasteiger partial charge in [0.1, 0.15) is 0 Å². The van der Waals surface area contributed by atoms with Crippen molar-refractivity contribution in [2.75, 3.05) is 39.6 Å². The maximum atomic E-state index is 7.62. The molecule has 0 aromatic rings. The van der Waals surface area contributed by atoms with E-state index in [4.69, 9.17) is 30.6 Å². The van der Waals surface area contributed by atoms with Crippen LogP contribution in [0.15, 0.2) is 0 Å². The number of halogens is 2. The molecule has 98 valence electrons. The summed E-state index contributed by atoms with van der Waals surface area (Å²) in [6.07, 6.45) is 0. The maximum absolute atomic E-state index is 7.62. The van der Waals surface area contributed by atoms with Gasteiger partial charge in [0, 0.05) is 0 Å². The summed E-state index contributed by atoms with van der Waals surface area (Å²) in [6, 6.07) is 0. The molecule has 0 heterocycles. The van der Waals surface area contributed by atoms with Crippen LogP contribution in [-0.2, 0) is 0 Å². The molecule has 15 heavy (non-hydrogen) atoms. The fourth-order valence-corrected chi connectivity index (χ4v) is 0. The minimum absolute atomic E-state index is 0.125. The van der Waals surface area contributed by atoms with E-state index in [2.05, 4.69) is 37.4 Å². The van der Waals surface area contributed by atoms with Crippen LogP contribution in [0.2, 0.25) is 0 Å². The molecule has 6 nitrogen and oxygen atoms in total. The summed E-state index contributed by atoms with van der Waals surface area (Å²) >= 11 is 5.22. The zero-order chi connectivity index (χ0) is 12.9. The summed E-state index contributed by atoms with van der Waals surface area (Å²) in [7, 11) is 0. The first-order valence-corrected chi connectivity index (χ1v) is 17.3. The average molecular weight is 568 g/mol. The van der Waals surface area contributed by atoms with Crippen LogP contribution < -0.4 is 0 Å². The van der Waals surface area contributed by atoms with Gasteiger partial charge in [-0.3, -0.25) is 0 Å². The van der Waals surface area contributed by atoms with Crippen molar-refractivity contribution in [3.05, 3.63) is 0 Å². The van der Waals surface area contributed by atoms with Gasteiger partial charge in [-0.25, -0.2) is 0 Å². The van der Waals surface area contributed by atoms with E-state index in [1.807, 2.05) is 0 Å². The predicted octanol–water partition coefficient (Wildman–Crippen LogP) is -1.70. The van der Waals surface area contributed by atoms with Gasteiger partial charge in [0.2, 0.25) is 0 Å². The van der Waals surface area contributed by atoms with Crippen LogP contribution in [0.5, 0.6) is 0 Å². The van der Waals surface area contributed by atoms with Crippen molar-refractivity contribution < 1.29 is 30.6 Å². The molecule has 0 bridgehead atoms. The van der Waals surface area contributed by atoms with E-state index < -0.39 is 0 Å². The van der Waals surface area contributed by atoms with Crippen molar-refractivity contribution in [3.63, 3.8) is 0 Å². The maximum Gasteiger partial charge on any atom is 0.0662 e. The summed E-state index contributed by atoms with van der Waals surface area (Å²) in [6.45, 7) is -0.750. The summed E-state index contributed by atoms with van der Waals surface area (Å²) in [5.74, 6) is 0. The van der Waals surface area contributed by atoms with Gasteiger partial charge in [-0.2, -0.15) is 0 Å². The van der Waals surface area contributed by atoms with Crippen molar-refractivity contribution in [1.82, 2.24) is 0 Å². The van der Waals surface area contributed by atoms with Gasteiger partial charge in [-0.05, 0) is 0 Å². The molecule has 0 rings (SSSR count). The molecule has 0 unspecified atom stereocenters. The molecule has 9 heteroatoms. The Labute approximate surface area is 119 Å². The Morgan fingerprint density at radius 3 is 0.600 bits per heavy atom. The van der Waals surface area contributed by atoms with Gasteiger partial charge < -0.3 is 30.6 Å². The number of aliphatic hydroxyl groups is 6. The molecule has 0 radical (unpaired) electrons. The molecule has 0 amide bonds. The standard InChI is InChI=1S/3C2H6O2.I2Te/c3*3-1-2-4;1-3-2/h3*3-4H,1-2H2;. The first kappa shape index (κ1) is 25.8. The number of hydrogen-bond donors (Lipinski definition) is 6. The van der Waals surface area contributed by atoms with Crippen LogP contribution in [0, 0.1) is 0 Å². The second-order valence-electron chi connectivity index (χ2n) is 1.40. The fourth-order valence-electron chi connectivity index (χ4n) is 0. The normalized spacial score (nSPS) is 7.20. The van der Waals surface area contributed by atoms with Crippen LogP contribution in [-0.4, -0.2) is 83.3 Å². The van der Waals surface area contributed by atoms with E-state index in [1.165, 1.54) is 0 Å². The topological polar surface area (TPSA) is 121 Å². The van der Waals surface area contributed by atoms with Gasteiger partial charge in [0.25, 0.3) is 0 Å². The van der Waals surface area contributed by atoms with Crippen LogP contribution >= 0.6 is 37.4 Å². The molecular weight excluding hydrogens is 549 g/mol. The fraction of sp³-hybridized carbons (Fsp3) is 1.00. The van der Waals surface area contributed by atoms with Gasteiger partial charge in [-0.1, -0.05) is 0 Å². The Balaban J connectivity index is -0.0000000542. The first-order valence-electron chi connectivity index (χ1n) is 3.71. The molecule has 0 spiro atoms. The summed E-state index contributed by atoms with van der Waals surface area (Å²) in [5, 5.41) is 45.8. The van der Waals surface area contributed by atoms with E-state index in [0.717, 1.165) is 0 Å². The van der Waals surface area contributed by atoms with Crippen molar-refractivity contribution >= 4 is 50.4 Å². The molecular formula is C6H18I2O6Te. The van der Waals surface area contributed by atoms with Crippen molar-refractivity contribution in [3.8, 4) is 0 Å². The van der Waals surface area contributed by atoms with Crippen LogP contribution in [0.3, 0.4) is 0 Å². The molecule has 0 aliphatic rings. The number of rotatable bonds is 3. The first-order chi connectivity index (χ1) is 7.16. The molecule has 0 aliphatic carbocycles. The zero-order valence-electron chi connectivity index (χ0n) is 8.09. The molecule has 0 aromatic heterocycles. The van der Waals surface area contributed by atoms with E-state index in [9.17, 15) is 0 Å². The van der Waals surface area contributed by atoms with Crippen LogP contribution in [0.25, 0.3) is 0 Å². The second-order valence-corrected chi connectivity index (χ2v) is 18.9. The van der Waals surface area contributed by atoms with Gasteiger partial charge in [-0.15, -0.1) is 0 Å². The molecule has 0 saturated heterocycles. The third-order valence-electron chi connectivity index (χ3n) is 0.300. The smallest absolute Gasteiger partial charge is 0.0662 e. The molecule has 0 fully saturated rings. The minimum atomic E-state index is -0.125. The summed E-state index contributed by atoms with van der Waals surface area (Å²) in [5.41, 5.74) is 0. The zero-order valence-corrected chi connectivity index (χ0v) is 14.7. The van der Waals surface area contributed by atoms with E-state index in [0.29, 0.717) is 13.0 Å². The largest absolute Gasteiger partial charge is 0.394 e.